The van der Waals surface area contributed by atoms with E-state index in [2.05, 4.69) is 21.4 Å². The zero-order valence-corrected chi connectivity index (χ0v) is 28.6. The van der Waals surface area contributed by atoms with Gasteiger partial charge in [-0.15, -0.1) is 0 Å². The summed E-state index contributed by atoms with van der Waals surface area (Å²) in [6, 6.07) is 4.29. The smallest absolute Gasteiger partial charge is 0.289 e. The molecule has 47 heavy (non-hydrogen) atoms. The van der Waals surface area contributed by atoms with E-state index in [1.54, 1.807) is 12.1 Å². The molecule has 1 saturated heterocycles. The third-order valence-electron chi connectivity index (χ3n) is 9.81. The lowest BCUT2D eigenvalue weighted by atomic mass is 9.84. The molecule has 3 fully saturated rings. The first-order valence-electron chi connectivity index (χ1n) is 16.9. The third kappa shape index (κ3) is 8.54. The van der Waals surface area contributed by atoms with Crippen LogP contribution in [-0.2, 0) is 28.8 Å². The van der Waals surface area contributed by atoms with E-state index in [9.17, 15) is 24.0 Å². The molecule has 5 rings (SSSR count). The van der Waals surface area contributed by atoms with Gasteiger partial charge in [0.05, 0.1) is 18.3 Å². The number of carbonyl (C=O) groups excluding carboxylic acids is 5. The second-order valence-electron chi connectivity index (χ2n) is 14.8. The number of rotatable bonds is 11. The van der Waals surface area contributed by atoms with Crippen molar-refractivity contribution in [3.05, 3.63) is 40.9 Å². The SMILES string of the molecule is CNC(=O)C(=O)[C@H](CC1CC1)NC(=O)[C@@H]1C[C@]2(C=C(c3cccc(Cl)c3)NO2)CN1C(=O)[C@@H](NC(=O)CC1CCCCC1)C(C)(C)C. The van der Waals surface area contributed by atoms with Crippen LogP contribution in [0.5, 0.6) is 0 Å². The fourth-order valence-electron chi connectivity index (χ4n) is 6.98. The fraction of sp³-hybridized carbons (Fsp3) is 0.629. The Morgan fingerprint density at radius 1 is 1.04 bits per heavy atom. The van der Waals surface area contributed by atoms with Crippen molar-refractivity contribution in [3.63, 3.8) is 0 Å². The molecule has 1 aromatic rings. The van der Waals surface area contributed by atoms with E-state index in [4.69, 9.17) is 16.4 Å². The quantitative estimate of drug-likeness (QED) is 0.263. The van der Waals surface area contributed by atoms with Crippen LogP contribution in [0, 0.1) is 17.3 Å². The van der Waals surface area contributed by atoms with Gasteiger partial charge in [-0.05, 0) is 54.7 Å². The molecule has 4 amide bonds. The Morgan fingerprint density at radius 3 is 2.40 bits per heavy atom. The summed E-state index contributed by atoms with van der Waals surface area (Å²) in [5.41, 5.74) is 2.65. The van der Waals surface area contributed by atoms with E-state index in [1.165, 1.54) is 18.4 Å². The van der Waals surface area contributed by atoms with Gasteiger partial charge in [-0.1, -0.05) is 76.6 Å². The number of benzene rings is 1. The monoisotopic (exact) mass is 669 g/mol. The van der Waals surface area contributed by atoms with Gasteiger partial charge in [0.1, 0.15) is 17.7 Å². The predicted molar refractivity (Wildman–Crippen MR) is 177 cm³/mol. The molecule has 11 nitrogen and oxygen atoms in total. The van der Waals surface area contributed by atoms with Crippen molar-refractivity contribution in [2.24, 2.45) is 17.3 Å². The Balaban J connectivity index is 1.42. The zero-order chi connectivity index (χ0) is 33.9. The summed E-state index contributed by atoms with van der Waals surface area (Å²) in [6.07, 6.45) is 9.91. The maximum atomic E-state index is 14.5. The van der Waals surface area contributed by atoms with Gasteiger partial charge in [0.25, 0.3) is 5.91 Å². The minimum Gasteiger partial charge on any atom is -0.353 e. The summed E-state index contributed by atoms with van der Waals surface area (Å²) < 4.78 is 0. The van der Waals surface area contributed by atoms with Crippen molar-refractivity contribution >= 4 is 46.7 Å². The van der Waals surface area contributed by atoms with E-state index in [1.807, 2.05) is 39.0 Å². The number of likely N-dealkylation sites (N-methyl/N-ethyl adjacent to an activating group) is 1. The molecule has 4 N–H and O–H groups in total. The number of hydrogen-bond acceptors (Lipinski definition) is 7. The number of nitrogens with one attached hydrogen (secondary N) is 4. The van der Waals surface area contributed by atoms with Crippen molar-refractivity contribution < 1.29 is 28.8 Å². The highest BCUT2D eigenvalue weighted by Gasteiger charge is 2.54. The summed E-state index contributed by atoms with van der Waals surface area (Å²) in [6.45, 7) is 5.68. The summed E-state index contributed by atoms with van der Waals surface area (Å²) in [5, 5.41) is 8.74. The number of halogens is 1. The topological polar surface area (TPSA) is 146 Å². The standard InChI is InChI=1S/C35H48ClN5O6/c1-34(2,3)30(39-28(42)16-21-9-6-5-7-10-21)33(46)41-20-35(18-26(40-47-35)23-11-8-12-24(36)17-23)19-27(41)31(44)38-25(15-22-13-14-22)29(43)32(45)37-4/h8,11-12,17-18,21-22,25,27,30,40H,5-7,9-10,13-16,19-20H2,1-4H3,(H,37,45)(H,38,44)(H,39,42)/t25-,27-,30+,35+/m0/s1. The van der Waals surface area contributed by atoms with Crippen molar-refractivity contribution in [1.29, 1.82) is 0 Å². The van der Waals surface area contributed by atoms with E-state index < -0.39 is 52.6 Å². The Labute approximate surface area is 281 Å². The van der Waals surface area contributed by atoms with E-state index >= 15 is 0 Å². The van der Waals surface area contributed by atoms with Crippen LogP contribution in [-0.4, -0.2) is 71.6 Å². The van der Waals surface area contributed by atoms with Crippen molar-refractivity contribution in [2.75, 3.05) is 13.6 Å². The number of amides is 4. The minimum absolute atomic E-state index is 0.0305. The highest BCUT2D eigenvalue weighted by Crippen LogP contribution is 2.39. The van der Waals surface area contributed by atoms with Gasteiger partial charge in [-0.25, -0.2) is 0 Å². The molecule has 4 aliphatic rings. The van der Waals surface area contributed by atoms with Crippen molar-refractivity contribution in [2.45, 2.75) is 109 Å². The number of carbonyl (C=O) groups is 5. The molecule has 1 aromatic carbocycles. The number of nitrogens with zero attached hydrogens (tertiary/aromatic N) is 1. The Bertz CT molecular complexity index is 1420. The lowest BCUT2D eigenvalue weighted by Gasteiger charge is -2.36. The minimum atomic E-state index is -1.07. The number of likely N-dealkylation sites (tertiary alicyclic amines) is 1. The molecule has 4 atom stereocenters. The molecule has 0 unspecified atom stereocenters. The average Bonchev–Trinajstić information content (AvgIpc) is 3.64. The Morgan fingerprint density at radius 2 is 1.77 bits per heavy atom. The number of hydrogen-bond donors (Lipinski definition) is 4. The van der Waals surface area contributed by atoms with Crippen LogP contribution in [0.4, 0.5) is 0 Å². The number of ketones is 1. The van der Waals surface area contributed by atoms with Gasteiger partial charge in [0.2, 0.25) is 23.5 Å². The fourth-order valence-corrected chi connectivity index (χ4v) is 7.17. The highest BCUT2D eigenvalue weighted by molar-refractivity contribution is 6.38. The van der Waals surface area contributed by atoms with Gasteiger partial charge in [-0.3, -0.25) is 34.3 Å². The molecule has 2 aliphatic carbocycles. The van der Waals surface area contributed by atoms with Crippen LogP contribution in [0.15, 0.2) is 30.3 Å². The highest BCUT2D eigenvalue weighted by atomic mass is 35.5. The molecule has 1 spiro atoms. The van der Waals surface area contributed by atoms with E-state index in [0.717, 1.165) is 44.1 Å². The van der Waals surface area contributed by atoms with Gasteiger partial charge in [0.15, 0.2) is 0 Å². The summed E-state index contributed by atoms with van der Waals surface area (Å²) in [4.78, 5) is 74.8. The molecular formula is C35H48ClN5O6. The lowest BCUT2D eigenvalue weighted by Crippen LogP contribution is -2.59. The Kier molecular flexibility index (Phi) is 10.7. The molecule has 12 heteroatoms. The van der Waals surface area contributed by atoms with Crippen LogP contribution in [0.25, 0.3) is 5.70 Å². The first kappa shape index (κ1) is 34.9. The molecule has 2 saturated carbocycles. The van der Waals surface area contributed by atoms with Gasteiger partial charge >= 0.3 is 0 Å². The van der Waals surface area contributed by atoms with Gasteiger partial charge in [0, 0.05) is 30.5 Å². The van der Waals surface area contributed by atoms with Gasteiger partial charge < -0.3 is 20.9 Å². The molecular weight excluding hydrogens is 622 g/mol. The maximum absolute atomic E-state index is 14.5. The summed E-state index contributed by atoms with van der Waals surface area (Å²) in [5.74, 6) is -2.09. The summed E-state index contributed by atoms with van der Waals surface area (Å²) in [7, 11) is 1.38. The number of hydroxylamine groups is 1. The van der Waals surface area contributed by atoms with Crippen molar-refractivity contribution in [3.8, 4) is 0 Å². The number of Topliss-reactive ketones (excluding diaryl/α,β-unsaturated/α-hetero) is 1. The third-order valence-corrected chi connectivity index (χ3v) is 10.0. The first-order chi connectivity index (χ1) is 22.3. The van der Waals surface area contributed by atoms with E-state index in [0.29, 0.717) is 29.5 Å². The lowest BCUT2D eigenvalue weighted by molar-refractivity contribution is -0.145. The molecule has 0 bridgehead atoms. The van der Waals surface area contributed by atoms with Crippen LogP contribution in [0.3, 0.4) is 0 Å². The second kappa shape index (κ2) is 14.4. The van der Waals surface area contributed by atoms with Crippen LogP contribution in [0.2, 0.25) is 5.02 Å². The average molecular weight is 670 g/mol. The van der Waals surface area contributed by atoms with Crippen LogP contribution < -0.4 is 21.4 Å². The summed E-state index contributed by atoms with van der Waals surface area (Å²) >= 11 is 6.24. The Hall–Kier alpha value is -3.44. The second-order valence-corrected chi connectivity index (χ2v) is 15.2. The normalized spacial score (nSPS) is 24.2. The van der Waals surface area contributed by atoms with E-state index in [-0.39, 0.29) is 24.8 Å². The largest absolute Gasteiger partial charge is 0.353 e. The maximum Gasteiger partial charge on any atom is 0.289 e. The molecule has 256 valence electrons. The van der Waals surface area contributed by atoms with Crippen LogP contribution >= 0.6 is 11.6 Å². The zero-order valence-electron chi connectivity index (χ0n) is 27.8. The predicted octanol–water partition coefficient (Wildman–Crippen LogP) is 3.66. The molecule has 2 heterocycles. The van der Waals surface area contributed by atoms with Crippen molar-refractivity contribution in [1.82, 2.24) is 26.3 Å². The van der Waals surface area contributed by atoms with Crippen LogP contribution in [0.1, 0.15) is 90.5 Å². The van der Waals surface area contributed by atoms with Gasteiger partial charge in [-0.2, -0.15) is 0 Å². The molecule has 2 aliphatic heterocycles. The molecule has 0 radical (unpaired) electrons. The molecule has 0 aromatic heterocycles. The first-order valence-corrected chi connectivity index (χ1v) is 17.3.